The lowest BCUT2D eigenvalue weighted by atomic mass is 9.98. The quantitative estimate of drug-likeness (QED) is 0.632. The SMILES string of the molecule is O=C(O)Oc1cc(F)c2c(c1)[C@H](N1Cc3cccc(Cl)c3C1=O)CCO2. The molecule has 0 saturated heterocycles. The average molecular weight is 378 g/mol. The van der Waals surface area contributed by atoms with E-state index in [1.54, 1.807) is 17.0 Å². The molecular weight excluding hydrogens is 365 g/mol. The van der Waals surface area contributed by atoms with E-state index >= 15 is 0 Å². The van der Waals surface area contributed by atoms with Crippen LogP contribution in [0.2, 0.25) is 5.02 Å². The maximum absolute atomic E-state index is 14.3. The number of hydrogen-bond acceptors (Lipinski definition) is 4. The summed E-state index contributed by atoms with van der Waals surface area (Å²) in [7, 11) is 0. The molecule has 0 saturated carbocycles. The summed E-state index contributed by atoms with van der Waals surface area (Å²) in [5.74, 6) is -1.13. The summed E-state index contributed by atoms with van der Waals surface area (Å²) >= 11 is 6.16. The lowest BCUT2D eigenvalue weighted by Gasteiger charge is -2.33. The molecule has 0 fully saturated rings. The molecule has 0 radical (unpaired) electrons. The van der Waals surface area contributed by atoms with Crippen LogP contribution in [0.1, 0.15) is 33.9 Å². The molecule has 0 spiro atoms. The number of carboxylic acid groups (broad SMARTS) is 1. The number of nitrogens with zero attached hydrogens (tertiary/aromatic N) is 1. The summed E-state index contributed by atoms with van der Waals surface area (Å²) < 4.78 is 24.3. The molecule has 2 heterocycles. The van der Waals surface area contributed by atoms with E-state index < -0.39 is 18.0 Å². The van der Waals surface area contributed by atoms with Crippen molar-refractivity contribution in [3.05, 3.63) is 57.9 Å². The second-order valence-electron chi connectivity index (χ2n) is 6.05. The van der Waals surface area contributed by atoms with Crippen LogP contribution in [-0.4, -0.2) is 28.7 Å². The van der Waals surface area contributed by atoms with Gasteiger partial charge < -0.3 is 19.5 Å². The van der Waals surface area contributed by atoms with Crippen molar-refractivity contribution in [2.24, 2.45) is 0 Å². The highest BCUT2D eigenvalue weighted by atomic mass is 35.5. The van der Waals surface area contributed by atoms with Gasteiger partial charge in [-0.15, -0.1) is 0 Å². The minimum absolute atomic E-state index is 0.00819. The smallest absolute Gasteiger partial charge is 0.490 e. The van der Waals surface area contributed by atoms with E-state index in [1.807, 2.05) is 6.07 Å². The zero-order valence-corrected chi connectivity index (χ0v) is 14.1. The summed E-state index contributed by atoms with van der Waals surface area (Å²) in [5.41, 5.74) is 1.62. The maximum Gasteiger partial charge on any atom is 0.511 e. The number of halogens is 2. The van der Waals surface area contributed by atoms with Crippen molar-refractivity contribution in [3.63, 3.8) is 0 Å². The number of benzene rings is 2. The van der Waals surface area contributed by atoms with Crippen LogP contribution in [-0.2, 0) is 6.54 Å². The summed E-state index contributed by atoms with van der Waals surface area (Å²) in [6.45, 7) is 0.575. The maximum atomic E-state index is 14.3. The molecule has 134 valence electrons. The first-order chi connectivity index (χ1) is 12.5. The molecule has 2 aliphatic rings. The van der Waals surface area contributed by atoms with E-state index in [-0.39, 0.29) is 24.0 Å². The Morgan fingerprint density at radius 1 is 1.38 bits per heavy atom. The van der Waals surface area contributed by atoms with Crippen LogP contribution in [0.5, 0.6) is 11.5 Å². The highest BCUT2D eigenvalue weighted by Gasteiger charge is 2.38. The summed E-state index contributed by atoms with van der Waals surface area (Å²) in [4.78, 5) is 25.2. The third-order valence-corrected chi connectivity index (χ3v) is 4.85. The molecule has 6 nitrogen and oxygen atoms in total. The molecule has 4 rings (SSSR count). The molecular formula is C18H13ClFNO5. The van der Waals surface area contributed by atoms with Gasteiger partial charge in [0.1, 0.15) is 5.75 Å². The van der Waals surface area contributed by atoms with Crippen molar-refractivity contribution >= 4 is 23.7 Å². The number of ether oxygens (including phenoxy) is 2. The van der Waals surface area contributed by atoms with Gasteiger partial charge in [0.15, 0.2) is 11.6 Å². The first kappa shape index (κ1) is 16.7. The standard InChI is InChI=1S/C18H13ClFNO5/c19-12-3-1-2-9-8-21(17(22)15(9)12)14-4-5-25-16-11(14)6-10(7-13(16)20)26-18(23)24/h1-3,6-7,14H,4-5,8H2,(H,23,24)/t14-/m1/s1. The fourth-order valence-electron chi connectivity index (χ4n) is 3.49. The molecule has 0 aromatic heterocycles. The minimum Gasteiger partial charge on any atom is -0.490 e. The molecule has 1 N–H and O–H groups in total. The van der Waals surface area contributed by atoms with E-state index in [0.717, 1.165) is 11.6 Å². The molecule has 26 heavy (non-hydrogen) atoms. The predicted octanol–water partition coefficient (Wildman–Crippen LogP) is 4.02. The van der Waals surface area contributed by atoms with Gasteiger partial charge >= 0.3 is 6.16 Å². The minimum atomic E-state index is -1.55. The Kier molecular flexibility index (Phi) is 3.96. The number of carbonyl (C=O) groups excluding carboxylic acids is 1. The van der Waals surface area contributed by atoms with Gasteiger partial charge in [-0.3, -0.25) is 4.79 Å². The lowest BCUT2D eigenvalue weighted by Crippen LogP contribution is -2.33. The molecule has 0 unspecified atom stereocenters. The van der Waals surface area contributed by atoms with Crippen LogP contribution in [0, 0.1) is 5.82 Å². The Bertz CT molecular complexity index is 932. The second-order valence-corrected chi connectivity index (χ2v) is 6.46. The summed E-state index contributed by atoms with van der Waals surface area (Å²) in [5, 5.41) is 9.15. The van der Waals surface area contributed by atoms with Gasteiger partial charge in [-0.25, -0.2) is 9.18 Å². The Balaban J connectivity index is 1.75. The fraction of sp³-hybridized carbons (Fsp3) is 0.222. The summed E-state index contributed by atoms with van der Waals surface area (Å²) in [6.07, 6.45) is -1.10. The molecule has 0 bridgehead atoms. The van der Waals surface area contributed by atoms with E-state index in [0.29, 0.717) is 29.1 Å². The molecule has 2 aromatic rings. The first-order valence-corrected chi connectivity index (χ1v) is 8.29. The molecule has 2 aromatic carbocycles. The van der Waals surface area contributed by atoms with Crippen LogP contribution in [0.25, 0.3) is 0 Å². The Morgan fingerprint density at radius 3 is 2.92 bits per heavy atom. The fourth-order valence-corrected chi connectivity index (χ4v) is 3.77. The predicted molar refractivity (Wildman–Crippen MR) is 89.2 cm³/mol. The van der Waals surface area contributed by atoms with Gasteiger partial charge in [0, 0.05) is 24.6 Å². The van der Waals surface area contributed by atoms with E-state index in [2.05, 4.69) is 4.74 Å². The van der Waals surface area contributed by atoms with Gasteiger partial charge in [-0.1, -0.05) is 23.7 Å². The van der Waals surface area contributed by atoms with Gasteiger partial charge in [0.2, 0.25) is 0 Å². The summed E-state index contributed by atoms with van der Waals surface area (Å²) in [6, 6.07) is 7.12. The Labute approximate surface area is 152 Å². The third-order valence-electron chi connectivity index (χ3n) is 4.54. The topological polar surface area (TPSA) is 76.1 Å². The highest BCUT2D eigenvalue weighted by molar-refractivity contribution is 6.34. The van der Waals surface area contributed by atoms with Crippen LogP contribution in [0.15, 0.2) is 30.3 Å². The van der Waals surface area contributed by atoms with Crippen LogP contribution >= 0.6 is 11.6 Å². The Hall–Kier alpha value is -2.80. The second kappa shape index (κ2) is 6.17. The van der Waals surface area contributed by atoms with Gasteiger partial charge in [-0.2, -0.15) is 0 Å². The van der Waals surface area contributed by atoms with Gasteiger partial charge in [-0.05, 0) is 17.7 Å². The largest absolute Gasteiger partial charge is 0.511 e. The van der Waals surface area contributed by atoms with Crippen molar-refractivity contribution < 1.29 is 28.6 Å². The van der Waals surface area contributed by atoms with Crippen molar-refractivity contribution in [1.29, 1.82) is 0 Å². The van der Waals surface area contributed by atoms with Crippen molar-refractivity contribution in [2.75, 3.05) is 6.61 Å². The highest BCUT2D eigenvalue weighted by Crippen LogP contribution is 2.43. The first-order valence-electron chi connectivity index (χ1n) is 7.91. The normalized spacial score (nSPS) is 18.2. The molecule has 2 aliphatic heterocycles. The third kappa shape index (κ3) is 2.64. The zero-order chi connectivity index (χ0) is 18.4. The van der Waals surface area contributed by atoms with Crippen LogP contribution in [0.3, 0.4) is 0 Å². The van der Waals surface area contributed by atoms with Crippen molar-refractivity contribution in [2.45, 2.75) is 19.0 Å². The molecule has 1 atom stereocenters. The Morgan fingerprint density at radius 2 is 2.19 bits per heavy atom. The van der Waals surface area contributed by atoms with Crippen LogP contribution in [0.4, 0.5) is 9.18 Å². The van der Waals surface area contributed by atoms with E-state index in [4.69, 9.17) is 21.4 Å². The number of carbonyl (C=O) groups is 2. The number of fused-ring (bicyclic) bond motifs is 2. The van der Waals surface area contributed by atoms with Crippen molar-refractivity contribution in [3.8, 4) is 11.5 Å². The van der Waals surface area contributed by atoms with E-state index in [1.165, 1.54) is 6.07 Å². The van der Waals surface area contributed by atoms with Crippen LogP contribution < -0.4 is 9.47 Å². The number of hydrogen-bond donors (Lipinski definition) is 1. The molecule has 8 heteroatoms. The zero-order valence-electron chi connectivity index (χ0n) is 13.4. The lowest BCUT2D eigenvalue weighted by molar-refractivity contribution is 0.0643. The van der Waals surface area contributed by atoms with Gasteiger partial charge in [0.05, 0.1) is 23.2 Å². The average Bonchev–Trinajstić information content (AvgIpc) is 2.92. The molecule has 1 amide bonds. The number of amides is 1. The van der Waals surface area contributed by atoms with Gasteiger partial charge in [0.25, 0.3) is 5.91 Å². The number of rotatable bonds is 2. The monoisotopic (exact) mass is 377 g/mol. The van der Waals surface area contributed by atoms with Crippen molar-refractivity contribution in [1.82, 2.24) is 4.90 Å². The molecule has 0 aliphatic carbocycles. The van der Waals surface area contributed by atoms with E-state index in [9.17, 15) is 14.0 Å².